The van der Waals surface area contributed by atoms with Crippen LogP contribution in [0.1, 0.15) is 44.2 Å². The molecule has 0 aliphatic carbocycles. The number of amides is 1. The number of rotatable bonds is 13. The second-order valence-electron chi connectivity index (χ2n) is 8.05. The van der Waals surface area contributed by atoms with Gasteiger partial charge in [-0.2, -0.15) is 0 Å². The average molecular weight is 573 g/mol. The van der Waals surface area contributed by atoms with E-state index in [0.717, 1.165) is 40.6 Å². The molecule has 0 aliphatic rings. The minimum absolute atomic E-state index is 0.236. The summed E-state index contributed by atoms with van der Waals surface area (Å²) in [7, 11) is 0. The van der Waals surface area contributed by atoms with E-state index in [0.29, 0.717) is 42.0 Å². The van der Waals surface area contributed by atoms with Crippen molar-refractivity contribution in [2.24, 2.45) is 0 Å². The van der Waals surface area contributed by atoms with Gasteiger partial charge >= 0.3 is 0 Å². The number of hydrogen-bond acceptors (Lipinski definition) is 4. The Morgan fingerprint density at radius 2 is 1.78 bits per heavy atom. The van der Waals surface area contributed by atoms with Crippen LogP contribution in [0.5, 0.6) is 17.2 Å². The smallest absolute Gasteiger partial charge is 0.248 e. The first kappa shape index (κ1) is 27.6. The third-order valence-corrected chi connectivity index (χ3v) is 6.18. The van der Waals surface area contributed by atoms with Gasteiger partial charge in [-0.25, -0.2) is 0 Å². The SMILES string of the molecule is CCCCCOc1ccc(NC(=O)/C=C/c2cc(Br)c(OCc3ccccc3Cl)c(OCC)c2)cc1. The minimum atomic E-state index is -0.236. The Labute approximate surface area is 226 Å². The molecule has 0 saturated heterocycles. The van der Waals surface area contributed by atoms with Crippen LogP contribution in [-0.2, 0) is 11.4 Å². The number of ether oxygens (including phenoxy) is 3. The molecule has 5 nitrogen and oxygen atoms in total. The van der Waals surface area contributed by atoms with Crippen molar-refractivity contribution >= 4 is 45.2 Å². The Bertz CT molecular complexity index is 1160. The molecular weight excluding hydrogens is 542 g/mol. The maximum atomic E-state index is 12.5. The second-order valence-corrected chi connectivity index (χ2v) is 9.31. The molecule has 7 heteroatoms. The lowest BCUT2D eigenvalue weighted by molar-refractivity contribution is -0.111. The number of nitrogens with one attached hydrogen (secondary N) is 1. The molecular formula is C29H31BrClNO4. The maximum absolute atomic E-state index is 12.5. The van der Waals surface area contributed by atoms with Crippen LogP contribution >= 0.6 is 27.5 Å². The van der Waals surface area contributed by atoms with Crippen LogP contribution in [0.2, 0.25) is 5.02 Å². The Balaban J connectivity index is 1.62. The highest BCUT2D eigenvalue weighted by molar-refractivity contribution is 9.10. The summed E-state index contributed by atoms with van der Waals surface area (Å²) in [5.74, 6) is 1.72. The highest BCUT2D eigenvalue weighted by Crippen LogP contribution is 2.38. The quantitative estimate of drug-likeness (QED) is 0.165. The minimum Gasteiger partial charge on any atom is -0.494 e. The van der Waals surface area contributed by atoms with E-state index in [1.165, 1.54) is 6.08 Å². The van der Waals surface area contributed by atoms with Crippen molar-refractivity contribution in [3.63, 3.8) is 0 Å². The van der Waals surface area contributed by atoms with Crippen LogP contribution in [0.4, 0.5) is 5.69 Å². The molecule has 0 fully saturated rings. The van der Waals surface area contributed by atoms with Gasteiger partial charge in [-0.05, 0) is 83.4 Å². The molecule has 0 aromatic heterocycles. The topological polar surface area (TPSA) is 56.8 Å². The van der Waals surface area contributed by atoms with Crippen LogP contribution in [0.15, 0.2) is 71.2 Å². The molecule has 3 aromatic rings. The maximum Gasteiger partial charge on any atom is 0.248 e. The van der Waals surface area contributed by atoms with Crippen molar-refractivity contribution in [3.8, 4) is 17.2 Å². The zero-order valence-electron chi connectivity index (χ0n) is 20.6. The van der Waals surface area contributed by atoms with E-state index in [1.54, 1.807) is 6.08 Å². The fourth-order valence-corrected chi connectivity index (χ4v) is 4.15. The summed E-state index contributed by atoms with van der Waals surface area (Å²) in [5, 5.41) is 3.51. The molecule has 0 bridgehead atoms. The van der Waals surface area contributed by atoms with Gasteiger partial charge in [-0.3, -0.25) is 4.79 Å². The van der Waals surface area contributed by atoms with Gasteiger partial charge in [0, 0.05) is 22.3 Å². The lowest BCUT2D eigenvalue weighted by Gasteiger charge is -2.15. The summed E-state index contributed by atoms with van der Waals surface area (Å²) in [6.07, 6.45) is 6.56. The van der Waals surface area contributed by atoms with Crippen LogP contribution < -0.4 is 19.5 Å². The predicted molar refractivity (Wildman–Crippen MR) is 150 cm³/mol. The van der Waals surface area contributed by atoms with E-state index < -0.39 is 0 Å². The van der Waals surface area contributed by atoms with Crippen molar-refractivity contribution in [1.82, 2.24) is 0 Å². The van der Waals surface area contributed by atoms with Gasteiger partial charge in [0.2, 0.25) is 5.91 Å². The van der Waals surface area contributed by atoms with Gasteiger partial charge in [0.05, 0.1) is 17.7 Å². The molecule has 1 N–H and O–H groups in total. The number of anilines is 1. The molecule has 0 atom stereocenters. The van der Waals surface area contributed by atoms with Gasteiger partial charge in [0.15, 0.2) is 11.5 Å². The van der Waals surface area contributed by atoms with Gasteiger partial charge in [0.1, 0.15) is 12.4 Å². The van der Waals surface area contributed by atoms with Gasteiger partial charge in [-0.1, -0.05) is 49.6 Å². The van der Waals surface area contributed by atoms with Gasteiger partial charge in [0.25, 0.3) is 0 Å². The van der Waals surface area contributed by atoms with Crippen molar-refractivity contribution in [3.05, 3.63) is 87.4 Å². The van der Waals surface area contributed by atoms with E-state index in [2.05, 4.69) is 28.2 Å². The summed E-state index contributed by atoms with van der Waals surface area (Å²) >= 11 is 9.82. The number of unbranched alkanes of at least 4 members (excludes halogenated alkanes) is 2. The average Bonchev–Trinajstić information content (AvgIpc) is 2.87. The standard InChI is InChI=1S/C29H31BrClNO4/c1-3-5-8-17-35-24-14-12-23(13-15-24)32-28(33)16-11-21-18-25(30)29(27(19-21)34-4-2)36-20-22-9-6-7-10-26(22)31/h6-7,9-16,18-19H,3-5,8,17,20H2,1-2H3,(H,32,33)/b16-11+. The molecule has 0 radical (unpaired) electrons. The summed E-state index contributed by atoms with van der Waals surface area (Å²) in [4.78, 5) is 12.5. The first-order valence-corrected chi connectivity index (χ1v) is 13.2. The summed E-state index contributed by atoms with van der Waals surface area (Å²) < 4.78 is 18.3. The zero-order valence-corrected chi connectivity index (χ0v) is 22.9. The molecule has 1 amide bonds. The molecule has 3 aromatic carbocycles. The molecule has 36 heavy (non-hydrogen) atoms. The first-order valence-electron chi connectivity index (χ1n) is 12.0. The molecule has 0 aliphatic heterocycles. The van der Waals surface area contributed by atoms with E-state index in [-0.39, 0.29) is 5.91 Å². The van der Waals surface area contributed by atoms with Crippen LogP contribution in [0, 0.1) is 0 Å². The fraction of sp³-hybridized carbons (Fsp3) is 0.276. The summed E-state index contributed by atoms with van der Waals surface area (Å²) in [5.41, 5.74) is 2.37. The highest BCUT2D eigenvalue weighted by Gasteiger charge is 2.13. The molecule has 190 valence electrons. The van der Waals surface area contributed by atoms with E-state index in [1.807, 2.05) is 67.6 Å². The number of halogens is 2. The molecule has 0 heterocycles. The lowest BCUT2D eigenvalue weighted by atomic mass is 10.1. The fourth-order valence-electron chi connectivity index (χ4n) is 3.38. The predicted octanol–water partition coefficient (Wildman–Crippen LogP) is 8.30. The second kappa shape index (κ2) is 14.6. The number of benzene rings is 3. The van der Waals surface area contributed by atoms with E-state index in [9.17, 15) is 4.79 Å². The number of hydrogen-bond donors (Lipinski definition) is 1. The Morgan fingerprint density at radius 3 is 2.50 bits per heavy atom. The van der Waals surface area contributed by atoms with Crippen molar-refractivity contribution in [2.45, 2.75) is 39.7 Å². The van der Waals surface area contributed by atoms with Crippen molar-refractivity contribution in [1.29, 1.82) is 0 Å². The van der Waals surface area contributed by atoms with Crippen LogP contribution in [-0.4, -0.2) is 19.1 Å². The monoisotopic (exact) mass is 571 g/mol. The third-order valence-electron chi connectivity index (χ3n) is 5.23. The van der Waals surface area contributed by atoms with E-state index >= 15 is 0 Å². The summed E-state index contributed by atoms with van der Waals surface area (Å²) in [6.45, 7) is 5.55. The van der Waals surface area contributed by atoms with Crippen LogP contribution in [0.3, 0.4) is 0 Å². The van der Waals surface area contributed by atoms with Crippen LogP contribution in [0.25, 0.3) is 6.08 Å². The zero-order chi connectivity index (χ0) is 25.8. The first-order chi connectivity index (χ1) is 17.5. The summed E-state index contributed by atoms with van der Waals surface area (Å²) in [6, 6.07) is 18.6. The van der Waals surface area contributed by atoms with E-state index in [4.69, 9.17) is 25.8 Å². The van der Waals surface area contributed by atoms with Gasteiger partial charge < -0.3 is 19.5 Å². The largest absolute Gasteiger partial charge is 0.494 e. The molecule has 3 rings (SSSR count). The van der Waals surface area contributed by atoms with Crippen molar-refractivity contribution in [2.75, 3.05) is 18.5 Å². The lowest BCUT2D eigenvalue weighted by Crippen LogP contribution is -2.07. The normalized spacial score (nSPS) is 10.9. The number of carbonyl (C=O) groups excluding carboxylic acids is 1. The third kappa shape index (κ3) is 8.61. The molecule has 0 saturated carbocycles. The van der Waals surface area contributed by atoms with Gasteiger partial charge in [-0.15, -0.1) is 0 Å². The molecule has 0 unspecified atom stereocenters. The Morgan fingerprint density at radius 1 is 1.00 bits per heavy atom. The van der Waals surface area contributed by atoms with Crippen molar-refractivity contribution < 1.29 is 19.0 Å². The molecule has 0 spiro atoms. The Hall–Kier alpha value is -2.96. The highest BCUT2D eigenvalue weighted by atomic mass is 79.9. The Kier molecular flexibility index (Phi) is 11.2. The number of carbonyl (C=O) groups is 1.